The number of sulfone groups is 1. The van der Waals surface area contributed by atoms with Crippen molar-refractivity contribution in [3.8, 4) is 0 Å². The van der Waals surface area contributed by atoms with Crippen molar-refractivity contribution in [3.05, 3.63) is 0 Å². The van der Waals surface area contributed by atoms with Crippen LogP contribution in [-0.4, -0.2) is 50.0 Å². The van der Waals surface area contributed by atoms with Gasteiger partial charge in [0.2, 0.25) is 0 Å². The molecule has 0 aromatic heterocycles. The molecule has 3 aliphatic rings. The molecule has 2 N–H and O–H groups in total. The molecule has 0 amide bonds. The molecule has 0 radical (unpaired) electrons. The van der Waals surface area contributed by atoms with Gasteiger partial charge in [0.15, 0.2) is 9.84 Å². The highest BCUT2D eigenvalue weighted by atomic mass is 32.2. The molecule has 0 bridgehead atoms. The zero-order valence-electron chi connectivity index (χ0n) is 11.7. The first-order chi connectivity index (χ1) is 9.03. The summed E-state index contributed by atoms with van der Waals surface area (Å²) in [7, 11) is -2.90. The molecule has 1 atom stereocenters. The first-order valence-corrected chi connectivity index (χ1v) is 9.51. The van der Waals surface area contributed by atoms with E-state index in [0.29, 0.717) is 12.3 Å². The number of nitrogens with zero attached hydrogens (tertiary/aromatic N) is 1. The van der Waals surface area contributed by atoms with Crippen LogP contribution < -0.4 is 5.73 Å². The van der Waals surface area contributed by atoms with Gasteiger partial charge in [-0.3, -0.25) is 4.90 Å². The van der Waals surface area contributed by atoms with Crippen LogP contribution in [-0.2, 0) is 9.84 Å². The van der Waals surface area contributed by atoms with Crippen LogP contribution in [0.3, 0.4) is 0 Å². The molecule has 19 heavy (non-hydrogen) atoms. The van der Waals surface area contributed by atoms with Crippen LogP contribution in [0, 0.1) is 11.8 Å². The largest absolute Gasteiger partial charge is 0.329 e. The van der Waals surface area contributed by atoms with Gasteiger partial charge in [-0.2, -0.15) is 0 Å². The molecule has 4 nitrogen and oxygen atoms in total. The van der Waals surface area contributed by atoms with Gasteiger partial charge in [0, 0.05) is 25.2 Å². The lowest BCUT2D eigenvalue weighted by Gasteiger charge is -2.46. The fourth-order valence-electron chi connectivity index (χ4n) is 3.40. The Morgan fingerprint density at radius 3 is 2.11 bits per heavy atom. The normalized spacial score (nSPS) is 34.6. The number of nitrogens with two attached hydrogens (primary N) is 1. The van der Waals surface area contributed by atoms with E-state index in [1.54, 1.807) is 0 Å². The molecule has 3 rings (SSSR count). The van der Waals surface area contributed by atoms with Gasteiger partial charge in [-0.1, -0.05) is 0 Å². The molecule has 2 aliphatic carbocycles. The molecule has 0 spiro atoms. The van der Waals surface area contributed by atoms with E-state index in [4.69, 9.17) is 5.73 Å². The van der Waals surface area contributed by atoms with Crippen molar-refractivity contribution in [2.24, 2.45) is 17.6 Å². The lowest BCUT2D eigenvalue weighted by atomic mass is 9.92. The SMILES string of the molecule is NCC1(N(CC2CC2)CC2CC2)CCCS(=O)(=O)C1. The monoisotopic (exact) mass is 286 g/mol. The van der Waals surface area contributed by atoms with E-state index in [9.17, 15) is 8.42 Å². The Labute approximate surface area is 116 Å². The Balaban J connectivity index is 1.78. The topological polar surface area (TPSA) is 63.4 Å². The Morgan fingerprint density at radius 1 is 1.11 bits per heavy atom. The van der Waals surface area contributed by atoms with Crippen molar-refractivity contribution >= 4 is 9.84 Å². The summed E-state index contributed by atoms with van der Waals surface area (Å²) in [6, 6.07) is 0. The van der Waals surface area contributed by atoms with Crippen LogP contribution in [0.25, 0.3) is 0 Å². The Morgan fingerprint density at radius 2 is 1.68 bits per heavy atom. The molecule has 1 heterocycles. The lowest BCUT2D eigenvalue weighted by Crippen LogP contribution is -2.61. The molecule has 2 saturated carbocycles. The van der Waals surface area contributed by atoms with Gasteiger partial charge in [0.05, 0.1) is 11.5 Å². The summed E-state index contributed by atoms with van der Waals surface area (Å²) in [5.41, 5.74) is 5.78. The van der Waals surface area contributed by atoms with Crippen LogP contribution in [0.2, 0.25) is 0 Å². The van der Waals surface area contributed by atoms with Crippen molar-refractivity contribution in [1.82, 2.24) is 4.90 Å². The molecule has 110 valence electrons. The third-order valence-corrected chi connectivity index (χ3v) is 6.88. The summed E-state index contributed by atoms with van der Waals surface area (Å²) in [5, 5.41) is 0. The van der Waals surface area contributed by atoms with Gasteiger partial charge >= 0.3 is 0 Å². The number of hydrogen-bond donors (Lipinski definition) is 1. The predicted molar refractivity (Wildman–Crippen MR) is 76.7 cm³/mol. The molecule has 1 unspecified atom stereocenters. The Hall–Kier alpha value is -0.130. The summed E-state index contributed by atoms with van der Waals surface area (Å²) in [6.07, 6.45) is 7.00. The molecule has 0 aromatic rings. The highest BCUT2D eigenvalue weighted by molar-refractivity contribution is 7.91. The van der Waals surface area contributed by atoms with Gasteiger partial charge < -0.3 is 5.73 Å². The molecule has 1 aliphatic heterocycles. The maximum atomic E-state index is 12.1. The molecule has 0 aromatic carbocycles. The average Bonchev–Trinajstić information content (AvgIpc) is 3.21. The van der Waals surface area contributed by atoms with Crippen molar-refractivity contribution in [3.63, 3.8) is 0 Å². The van der Waals surface area contributed by atoms with Gasteiger partial charge in [0.25, 0.3) is 0 Å². The van der Waals surface area contributed by atoms with Crippen LogP contribution in [0.15, 0.2) is 0 Å². The van der Waals surface area contributed by atoms with Crippen LogP contribution in [0.1, 0.15) is 38.5 Å². The standard InChI is InChI=1S/C14H26N2O2S/c15-10-14(6-1-7-19(17,18)11-14)16(8-12-2-3-12)9-13-4-5-13/h12-13H,1-11,15H2. The maximum Gasteiger partial charge on any atom is 0.152 e. The van der Waals surface area contributed by atoms with Gasteiger partial charge in [-0.05, 0) is 50.4 Å². The third-order valence-electron chi connectivity index (χ3n) is 4.99. The minimum atomic E-state index is -2.90. The van der Waals surface area contributed by atoms with E-state index in [1.165, 1.54) is 25.7 Å². The van der Waals surface area contributed by atoms with E-state index in [2.05, 4.69) is 4.90 Å². The minimum Gasteiger partial charge on any atom is -0.329 e. The van der Waals surface area contributed by atoms with Crippen molar-refractivity contribution < 1.29 is 8.42 Å². The first-order valence-electron chi connectivity index (χ1n) is 7.69. The quantitative estimate of drug-likeness (QED) is 0.791. The van der Waals surface area contributed by atoms with Gasteiger partial charge in [-0.15, -0.1) is 0 Å². The molecule has 1 saturated heterocycles. The van der Waals surface area contributed by atoms with E-state index < -0.39 is 9.84 Å². The fraction of sp³-hybridized carbons (Fsp3) is 1.00. The van der Waals surface area contributed by atoms with Crippen LogP contribution in [0.4, 0.5) is 0 Å². The second-order valence-electron chi connectivity index (χ2n) is 6.92. The highest BCUT2D eigenvalue weighted by Crippen LogP contribution is 2.39. The summed E-state index contributed by atoms with van der Waals surface area (Å²) in [4.78, 5) is 2.47. The lowest BCUT2D eigenvalue weighted by molar-refractivity contribution is 0.0884. The second-order valence-corrected chi connectivity index (χ2v) is 9.10. The molecular formula is C14H26N2O2S. The van der Waals surface area contributed by atoms with E-state index >= 15 is 0 Å². The highest BCUT2D eigenvalue weighted by Gasteiger charge is 2.45. The Bertz CT molecular complexity index is 415. The van der Waals surface area contributed by atoms with Crippen molar-refractivity contribution in [1.29, 1.82) is 0 Å². The fourth-order valence-corrected chi connectivity index (χ4v) is 5.39. The van der Waals surface area contributed by atoms with E-state index in [1.807, 2.05) is 0 Å². The maximum absolute atomic E-state index is 12.1. The van der Waals surface area contributed by atoms with Gasteiger partial charge in [0.1, 0.15) is 0 Å². The van der Waals surface area contributed by atoms with Crippen molar-refractivity contribution in [2.75, 3.05) is 31.1 Å². The molecular weight excluding hydrogens is 260 g/mol. The van der Waals surface area contributed by atoms with Crippen LogP contribution in [0.5, 0.6) is 0 Å². The molecule has 3 fully saturated rings. The van der Waals surface area contributed by atoms with Crippen LogP contribution >= 0.6 is 0 Å². The summed E-state index contributed by atoms with van der Waals surface area (Å²) in [5.74, 6) is 2.24. The van der Waals surface area contributed by atoms with E-state index in [-0.39, 0.29) is 11.3 Å². The third kappa shape index (κ3) is 3.31. The minimum absolute atomic E-state index is 0.262. The van der Waals surface area contributed by atoms with Crippen molar-refractivity contribution in [2.45, 2.75) is 44.1 Å². The zero-order valence-corrected chi connectivity index (χ0v) is 12.5. The first kappa shape index (κ1) is 13.8. The average molecular weight is 286 g/mol. The predicted octanol–water partition coefficient (Wildman–Crippen LogP) is 1.01. The summed E-state index contributed by atoms with van der Waals surface area (Å²) < 4.78 is 24.1. The van der Waals surface area contributed by atoms with Gasteiger partial charge in [-0.25, -0.2) is 8.42 Å². The zero-order chi connectivity index (χ0) is 13.5. The molecule has 5 heteroatoms. The number of hydrogen-bond acceptors (Lipinski definition) is 4. The summed E-state index contributed by atoms with van der Waals surface area (Å²) in [6.45, 7) is 2.64. The second kappa shape index (κ2) is 5.01. The Kier molecular flexibility index (Phi) is 3.65. The smallest absolute Gasteiger partial charge is 0.152 e. The number of rotatable bonds is 6. The summed E-state index contributed by atoms with van der Waals surface area (Å²) >= 11 is 0. The van der Waals surface area contributed by atoms with E-state index in [0.717, 1.165) is 37.8 Å².